The Bertz CT molecular complexity index is 474. The third kappa shape index (κ3) is 5.21. The summed E-state index contributed by atoms with van der Waals surface area (Å²) in [5.41, 5.74) is -0.511. The van der Waals surface area contributed by atoms with Gasteiger partial charge in [-0.3, -0.25) is 4.79 Å². The molecule has 20 heavy (non-hydrogen) atoms. The normalized spacial score (nSPS) is 11.8. The quantitative estimate of drug-likeness (QED) is 0.752. The Morgan fingerprint density at radius 3 is 2.45 bits per heavy atom. The van der Waals surface area contributed by atoms with Gasteiger partial charge in [-0.25, -0.2) is 13.6 Å². The number of nitrogens with one attached hydrogen (secondary N) is 2. The lowest BCUT2D eigenvalue weighted by molar-refractivity contribution is -0.137. The van der Waals surface area contributed by atoms with E-state index in [0.29, 0.717) is 6.42 Å². The van der Waals surface area contributed by atoms with Gasteiger partial charge in [0.05, 0.1) is 0 Å². The van der Waals surface area contributed by atoms with E-state index in [1.165, 1.54) is 6.07 Å². The maximum Gasteiger partial charge on any atom is 0.319 e. The van der Waals surface area contributed by atoms with E-state index in [1.807, 2.05) is 0 Å². The summed E-state index contributed by atoms with van der Waals surface area (Å²) in [4.78, 5) is 21.9. The fourth-order valence-corrected chi connectivity index (χ4v) is 1.51. The first-order chi connectivity index (χ1) is 9.40. The minimum atomic E-state index is -0.908. The number of para-hydroxylation sites is 1. The molecule has 0 spiro atoms. The summed E-state index contributed by atoms with van der Waals surface area (Å²) in [6, 6.07) is 2.53. The van der Waals surface area contributed by atoms with Gasteiger partial charge in [0, 0.05) is 13.0 Å². The second kappa shape index (κ2) is 7.42. The van der Waals surface area contributed by atoms with E-state index < -0.39 is 29.3 Å². The molecule has 0 aliphatic carbocycles. The second-order valence-corrected chi connectivity index (χ2v) is 4.47. The highest BCUT2D eigenvalue weighted by Gasteiger charge is 2.12. The molecule has 3 N–H and O–H groups in total. The lowest BCUT2D eigenvalue weighted by Crippen LogP contribution is -2.33. The van der Waals surface area contributed by atoms with Gasteiger partial charge in [-0.05, 0) is 24.5 Å². The molecule has 1 atom stereocenters. The topological polar surface area (TPSA) is 78.4 Å². The van der Waals surface area contributed by atoms with Gasteiger partial charge in [0.2, 0.25) is 0 Å². The van der Waals surface area contributed by atoms with Gasteiger partial charge >= 0.3 is 12.0 Å². The van der Waals surface area contributed by atoms with E-state index in [4.69, 9.17) is 5.11 Å². The van der Waals surface area contributed by atoms with Gasteiger partial charge in [-0.1, -0.05) is 13.0 Å². The monoisotopic (exact) mass is 286 g/mol. The van der Waals surface area contributed by atoms with Crippen LogP contribution in [0.4, 0.5) is 19.3 Å². The molecule has 0 bridgehead atoms. The average molecular weight is 286 g/mol. The molecule has 2 amide bonds. The zero-order valence-corrected chi connectivity index (χ0v) is 11.0. The maximum absolute atomic E-state index is 13.3. The fraction of sp³-hybridized carbons (Fsp3) is 0.385. The predicted molar refractivity (Wildman–Crippen MR) is 69.4 cm³/mol. The number of hydrogen-bond donors (Lipinski definition) is 3. The van der Waals surface area contributed by atoms with Gasteiger partial charge in [-0.2, -0.15) is 0 Å². The van der Waals surface area contributed by atoms with E-state index >= 15 is 0 Å². The summed E-state index contributed by atoms with van der Waals surface area (Å²) in [5.74, 6) is -2.69. The van der Waals surface area contributed by atoms with Crippen molar-refractivity contribution < 1.29 is 23.5 Å². The molecule has 0 aliphatic heterocycles. The fourth-order valence-electron chi connectivity index (χ4n) is 1.51. The van der Waals surface area contributed by atoms with Crippen LogP contribution in [0.3, 0.4) is 0 Å². The molecule has 0 saturated heterocycles. The Hall–Kier alpha value is -2.18. The van der Waals surface area contributed by atoms with Crippen molar-refractivity contribution in [3.05, 3.63) is 29.8 Å². The average Bonchev–Trinajstić information content (AvgIpc) is 2.38. The molecule has 0 heterocycles. The van der Waals surface area contributed by atoms with Gasteiger partial charge in [0.25, 0.3) is 0 Å². The maximum atomic E-state index is 13.3. The molecule has 0 aromatic heterocycles. The summed E-state index contributed by atoms with van der Waals surface area (Å²) in [5, 5.41) is 13.0. The van der Waals surface area contributed by atoms with Gasteiger partial charge < -0.3 is 15.7 Å². The molecule has 5 nitrogen and oxygen atoms in total. The number of aliphatic carboxylic acids is 1. The molecule has 0 aliphatic rings. The van der Waals surface area contributed by atoms with Gasteiger partial charge in [0.1, 0.15) is 17.3 Å². The molecule has 0 radical (unpaired) electrons. The van der Waals surface area contributed by atoms with Crippen LogP contribution in [0.1, 0.15) is 19.8 Å². The molecule has 0 saturated carbocycles. The van der Waals surface area contributed by atoms with E-state index in [0.717, 1.165) is 12.1 Å². The molecule has 0 fully saturated rings. The second-order valence-electron chi connectivity index (χ2n) is 4.47. The van der Waals surface area contributed by atoms with Crippen LogP contribution in [0.15, 0.2) is 18.2 Å². The number of carbonyl (C=O) groups excluding carboxylic acids is 1. The SMILES string of the molecule is CC(CCC(=O)O)CNC(=O)Nc1c(F)cccc1F. The zero-order valence-electron chi connectivity index (χ0n) is 11.0. The standard InChI is InChI=1S/C13H16F2N2O3/c1-8(5-6-11(18)19)7-16-13(20)17-12-9(14)3-2-4-10(12)15/h2-4,8H,5-7H2,1H3,(H,18,19)(H2,16,17,20). The molecule has 1 rings (SSSR count). The number of carboxylic acids is 1. The molecule has 1 unspecified atom stereocenters. The Kier molecular flexibility index (Phi) is 5.89. The molecular formula is C13H16F2N2O3. The van der Waals surface area contributed by atoms with Crippen LogP contribution in [0, 0.1) is 17.6 Å². The summed E-state index contributed by atoms with van der Waals surface area (Å²) < 4.78 is 26.5. The lowest BCUT2D eigenvalue weighted by atomic mass is 10.1. The van der Waals surface area contributed by atoms with E-state index in [2.05, 4.69) is 10.6 Å². The number of carbonyl (C=O) groups is 2. The minimum Gasteiger partial charge on any atom is -0.481 e. The van der Waals surface area contributed by atoms with Crippen LogP contribution in [0.5, 0.6) is 0 Å². The van der Waals surface area contributed by atoms with E-state index in [9.17, 15) is 18.4 Å². The predicted octanol–water partition coefficient (Wildman–Crippen LogP) is 2.59. The lowest BCUT2D eigenvalue weighted by Gasteiger charge is -2.13. The third-order valence-electron chi connectivity index (χ3n) is 2.66. The molecule has 7 heteroatoms. The van der Waals surface area contributed by atoms with Crippen molar-refractivity contribution in [2.24, 2.45) is 5.92 Å². The number of amides is 2. The molecule has 110 valence electrons. The summed E-state index contributed by atoms with van der Waals surface area (Å²) in [7, 11) is 0. The number of carboxylic acid groups (broad SMARTS) is 1. The number of rotatable bonds is 6. The summed E-state index contributed by atoms with van der Waals surface area (Å²) in [6.45, 7) is 1.99. The van der Waals surface area contributed by atoms with Crippen molar-refractivity contribution in [1.29, 1.82) is 0 Å². The zero-order chi connectivity index (χ0) is 15.1. The smallest absolute Gasteiger partial charge is 0.319 e. The third-order valence-corrected chi connectivity index (χ3v) is 2.66. The first kappa shape index (κ1) is 15.9. The molecule has 1 aromatic rings. The highest BCUT2D eigenvalue weighted by Crippen LogP contribution is 2.17. The number of anilines is 1. The number of halogens is 2. The molecule has 1 aromatic carbocycles. The van der Waals surface area contributed by atoms with Crippen LogP contribution >= 0.6 is 0 Å². The first-order valence-electron chi connectivity index (χ1n) is 6.10. The number of urea groups is 1. The minimum absolute atomic E-state index is 0.00636. The Morgan fingerprint density at radius 2 is 1.90 bits per heavy atom. The Morgan fingerprint density at radius 1 is 1.30 bits per heavy atom. The Labute approximate surface area is 115 Å². The number of benzene rings is 1. The number of hydrogen-bond acceptors (Lipinski definition) is 2. The van der Waals surface area contributed by atoms with Crippen molar-refractivity contribution in [3.63, 3.8) is 0 Å². The highest BCUT2D eigenvalue weighted by atomic mass is 19.1. The first-order valence-corrected chi connectivity index (χ1v) is 6.10. The summed E-state index contributed by atoms with van der Waals surface area (Å²) >= 11 is 0. The van der Waals surface area contributed by atoms with Crippen LogP contribution < -0.4 is 10.6 Å². The van der Waals surface area contributed by atoms with Gasteiger partial charge in [-0.15, -0.1) is 0 Å². The van der Waals surface area contributed by atoms with E-state index in [1.54, 1.807) is 6.92 Å². The van der Waals surface area contributed by atoms with E-state index in [-0.39, 0.29) is 18.9 Å². The van der Waals surface area contributed by atoms with Crippen LogP contribution in [0.25, 0.3) is 0 Å². The van der Waals surface area contributed by atoms with Crippen molar-refractivity contribution in [1.82, 2.24) is 5.32 Å². The van der Waals surface area contributed by atoms with Crippen molar-refractivity contribution >= 4 is 17.7 Å². The van der Waals surface area contributed by atoms with Crippen LogP contribution in [-0.4, -0.2) is 23.7 Å². The highest BCUT2D eigenvalue weighted by molar-refractivity contribution is 5.89. The van der Waals surface area contributed by atoms with Crippen LogP contribution in [0.2, 0.25) is 0 Å². The Balaban J connectivity index is 2.42. The van der Waals surface area contributed by atoms with Gasteiger partial charge in [0.15, 0.2) is 0 Å². The van der Waals surface area contributed by atoms with Crippen LogP contribution in [-0.2, 0) is 4.79 Å². The van der Waals surface area contributed by atoms with Crippen molar-refractivity contribution in [2.45, 2.75) is 19.8 Å². The van der Waals surface area contributed by atoms with Crippen molar-refractivity contribution in [3.8, 4) is 0 Å². The largest absolute Gasteiger partial charge is 0.481 e. The molecular weight excluding hydrogens is 270 g/mol. The van der Waals surface area contributed by atoms with Crippen molar-refractivity contribution in [2.75, 3.05) is 11.9 Å². The summed E-state index contributed by atoms with van der Waals surface area (Å²) in [6.07, 6.45) is 0.413.